The largest absolute Gasteiger partial charge is 0.351 e. The molecule has 0 aliphatic carbocycles. The number of fused-ring (bicyclic) bond motifs is 1. The normalized spacial score (nSPS) is 24.9. The minimum atomic E-state index is -0.351. The van der Waals surface area contributed by atoms with E-state index in [9.17, 15) is 14.0 Å². The van der Waals surface area contributed by atoms with Crippen molar-refractivity contribution in [2.75, 3.05) is 0 Å². The highest BCUT2D eigenvalue weighted by atomic mass is 19.1. The van der Waals surface area contributed by atoms with Gasteiger partial charge in [-0.25, -0.2) is 4.39 Å². The maximum atomic E-state index is 14.5. The van der Waals surface area contributed by atoms with E-state index in [1.165, 1.54) is 6.07 Å². The molecule has 0 spiro atoms. The van der Waals surface area contributed by atoms with E-state index in [2.05, 4.69) is 5.32 Å². The molecular weight excluding hydrogens is 343 g/mol. The van der Waals surface area contributed by atoms with Crippen molar-refractivity contribution >= 4 is 11.8 Å². The summed E-state index contributed by atoms with van der Waals surface area (Å²) < 4.78 is 14.5. The number of hydrogen-bond acceptors (Lipinski definition) is 2. The van der Waals surface area contributed by atoms with Crippen molar-refractivity contribution in [1.29, 1.82) is 0 Å². The van der Waals surface area contributed by atoms with Crippen LogP contribution in [0.15, 0.2) is 54.6 Å². The maximum Gasteiger partial charge on any atom is 0.227 e. The number of carbonyl (C=O) groups is 2. The van der Waals surface area contributed by atoms with E-state index in [1.807, 2.05) is 35.2 Å². The summed E-state index contributed by atoms with van der Waals surface area (Å²) in [5, 5.41) is 3.05. The zero-order chi connectivity index (χ0) is 18.8. The van der Waals surface area contributed by atoms with Gasteiger partial charge in [0.15, 0.2) is 0 Å². The Morgan fingerprint density at radius 2 is 1.85 bits per heavy atom. The second kappa shape index (κ2) is 7.51. The van der Waals surface area contributed by atoms with Crippen LogP contribution >= 0.6 is 0 Å². The van der Waals surface area contributed by atoms with Crippen LogP contribution < -0.4 is 5.32 Å². The molecule has 0 unspecified atom stereocenters. The van der Waals surface area contributed by atoms with Gasteiger partial charge in [0, 0.05) is 12.0 Å². The second-order valence-electron chi connectivity index (χ2n) is 7.37. The number of amides is 2. The summed E-state index contributed by atoms with van der Waals surface area (Å²) in [5.41, 5.74) is 1.47. The number of rotatable bonds is 3. The summed E-state index contributed by atoms with van der Waals surface area (Å²) in [6.45, 7) is 0. The summed E-state index contributed by atoms with van der Waals surface area (Å²) in [4.78, 5) is 27.1. The lowest BCUT2D eigenvalue weighted by atomic mass is 10.0. The fourth-order valence-corrected chi connectivity index (χ4v) is 4.42. The van der Waals surface area contributed by atoms with Crippen LogP contribution in [0, 0.1) is 5.82 Å². The minimum absolute atomic E-state index is 0.0156. The second-order valence-corrected chi connectivity index (χ2v) is 7.37. The number of hydrogen-bond donors (Lipinski definition) is 1. The number of nitrogens with one attached hydrogen (secondary N) is 1. The molecule has 2 aliphatic rings. The van der Waals surface area contributed by atoms with Gasteiger partial charge in [0.05, 0.1) is 24.5 Å². The van der Waals surface area contributed by atoms with Crippen LogP contribution in [0.4, 0.5) is 4.39 Å². The van der Waals surface area contributed by atoms with E-state index < -0.39 is 0 Å². The molecule has 2 aliphatic heterocycles. The number of benzene rings is 2. The molecule has 4 rings (SSSR count). The van der Waals surface area contributed by atoms with E-state index in [-0.39, 0.29) is 42.2 Å². The Morgan fingerprint density at radius 3 is 2.63 bits per heavy atom. The van der Waals surface area contributed by atoms with Gasteiger partial charge >= 0.3 is 0 Å². The Balaban J connectivity index is 1.67. The molecule has 5 heteroatoms. The number of likely N-dealkylation sites (tertiary alicyclic amines) is 1. The van der Waals surface area contributed by atoms with Crippen molar-refractivity contribution in [3.05, 3.63) is 71.5 Å². The Hall–Kier alpha value is -2.69. The highest BCUT2D eigenvalue weighted by Crippen LogP contribution is 2.40. The first-order valence-electron chi connectivity index (χ1n) is 9.52. The third kappa shape index (κ3) is 3.59. The van der Waals surface area contributed by atoms with Crippen molar-refractivity contribution in [2.24, 2.45) is 0 Å². The van der Waals surface area contributed by atoms with E-state index in [4.69, 9.17) is 0 Å². The molecule has 1 N–H and O–H groups in total. The lowest BCUT2D eigenvalue weighted by molar-refractivity contribution is -0.134. The van der Waals surface area contributed by atoms with Crippen LogP contribution in [0.3, 0.4) is 0 Å². The van der Waals surface area contributed by atoms with Crippen LogP contribution in [-0.2, 0) is 16.0 Å². The standard InChI is InChI=1S/C22H23FN2O2/c23-17-10-5-4-9-16(17)20-14-18-19(11-6-12-21(26)24-18)25(20)22(27)13-15-7-2-1-3-8-15/h1-5,7-10,18-20H,6,11-14H2,(H,24,26)/t18-,19+,20+/m1/s1. The van der Waals surface area contributed by atoms with E-state index in [0.29, 0.717) is 18.4 Å². The third-order valence-electron chi connectivity index (χ3n) is 5.64. The molecule has 140 valence electrons. The van der Waals surface area contributed by atoms with Crippen LogP contribution in [0.25, 0.3) is 0 Å². The first-order chi connectivity index (χ1) is 13.1. The first-order valence-corrected chi connectivity index (χ1v) is 9.52. The third-order valence-corrected chi connectivity index (χ3v) is 5.64. The number of carbonyl (C=O) groups excluding carboxylic acids is 2. The molecule has 0 saturated carbocycles. The molecular formula is C22H23FN2O2. The summed E-state index contributed by atoms with van der Waals surface area (Å²) in [7, 11) is 0. The predicted molar refractivity (Wildman–Crippen MR) is 100 cm³/mol. The summed E-state index contributed by atoms with van der Waals surface area (Å²) >= 11 is 0. The molecule has 2 heterocycles. The zero-order valence-corrected chi connectivity index (χ0v) is 15.1. The van der Waals surface area contributed by atoms with Crippen molar-refractivity contribution in [2.45, 2.75) is 50.2 Å². The fourth-order valence-electron chi connectivity index (χ4n) is 4.42. The van der Waals surface area contributed by atoms with Gasteiger partial charge in [0.1, 0.15) is 5.82 Å². The molecule has 0 aromatic heterocycles. The summed E-state index contributed by atoms with van der Waals surface area (Å²) in [6, 6.07) is 15.7. The Morgan fingerprint density at radius 1 is 1.11 bits per heavy atom. The Bertz CT molecular complexity index is 839. The van der Waals surface area contributed by atoms with E-state index in [0.717, 1.165) is 18.4 Å². The van der Waals surface area contributed by atoms with Gasteiger partial charge in [-0.05, 0) is 30.9 Å². The van der Waals surface area contributed by atoms with Gasteiger partial charge < -0.3 is 10.2 Å². The van der Waals surface area contributed by atoms with E-state index in [1.54, 1.807) is 18.2 Å². The Labute approximate surface area is 158 Å². The van der Waals surface area contributed by atoms with Crippen LogP contribution in [0.2, 0.25) is 0 Å². The van der Waals surface area contributed by atoms with Gasteiger partial charge in [-0.15, -0.1) is 0 Å². The van der Waals surface area contributed by atoms with Gasteiger partial charge in [-0.1, -0.05) is 48.5 Å². The smallest absolute Gasteiger partial charge is 0.227 e. The maximum absolute atomic E-state index is 14.5. The van der Waals surface area contributed by atoms with Gasteiger partial charge in [-0.3, -0.25) is 9.59 Å². The van der Waals surface area contributed by atoms with Crippen molar-refractivity contribution < 1.29 is 14.0 Å². The SMILES string of the molecule is O=C1CCC[C@H]2[C@@H](C[C@@H](c3ccccc3F)N2C(=O)Cc2ccccc2)N1. The average molecular weight is 366 g/mol. The van der Waals surface area contributed by atoms with Crippen LogP contribution in [0.5, 0.6) is 0 Å². The quantitative estimate of drug-likeness (QED) is 0.905. The molecule has 4 nitrogen and oxygen atoms in total. The lowest BCUT2D eigenvalue weighted by Crippen LogP contribution is -2.45. The highest BCUT2D eigenvalue weighted by Gasteiger charge is 2.46. The van der Waals surface area contributed by atoms with Crippen molar-refractivity contribution in [3.63, 3.8) is 0 Å². The molecule has 2 fully saturated rings. The van der Waals surface area contributed by atoms with Gasteiger partial charge in [0.2, 0.25) is 11.8 Å². The number of nitrogens with zero attached hydrogens (tertiary/aromatic N) is 1. The molecule has 3 atom stereocenters. The predicted octanol–water partition coefficient (Wildman–Crippen LogP) is 3.38. The summed E-state index contributed by atoms with van der Waals surface area (Å²) in [5.74, 6) is -0.298. The van der Waals surface area contributed by atoms with Crippen molar-refractivity contribution in [1.82, 2.24) is 10.2 Å². The summed E-state index contributed by atoms with van der Waals surface area (Å²) in [6.07, 6.45) is 2.82. The minimum Gasteiger partial charge on any atom is -0.351 e. The van der Waals surface area contributed by atoms with Crippen LogP contribution in [-0.4, -0.2) is 28.8 Å². The molecule has 2 saturated heterocycles. The lowest BCUT2D eigenvalue weighted by Gasteiger charge is -2.31. The number of halogens is 1. The molecule has 0 radical (unpaired) electrons. The molecule has 2 aromatic carbocycles. The highest BCUT2D eigenvalue weighted by molar-refractivity contribution is 5.81. The van der Waals surface area contributed by atoms with Crippen molar-refractivity contribution in [3.8, 4) is 0 Å². The molecule has 0 bridgehead atoms. The van der Waals surface area contributed by atoms with Gasteiger partial charge in [-0.2, -0.15) is 0 Å². The molecule has 2 aromatic rings. The monoisotopic (exact) mass is 366 g/mol. The molecule has 27 heavy (non-hydrogen) atoms. The molecule has 2 amide bonds. The topological polar surface area (TPSA) is 49.4 Å². The first kappa shape index (κ1) is 17.7. The fraction of sp³-hybridized carbons (Fsp3) is 0.364. The zero-order valence-electron chi connectivity index (χ0n) is 15.1. The Kier molecular flexibility index (Phi) is 4.92. The average Bonchev–Trinajstić information content (AvgIpc) is 2.90. The van der Waals surface area contributed by atoms with Gasteiger partial charge in [0.25, 0.3) is 0 Å². The van der Waals surface area contributed by atoms with E-state index >= 15 is 0 Å². The van der Waals surface area contributed by atoms with Crippen LogP contribution in [0.1, 0.15) is 42.9 Å².